The number of pyridine rings is 2. The van der Waals surface area contributed by atoms with E-state index in [0.717, 1.165) is 5.56 Å². The van der Waals surface area contributed by atoms with Gasteiger partial charge in [-0.2, -0.15) is 18.2 Å². The van der Waals surface area contributed by atoms with E-state index in [9.17, 15) is 27.9 Å². The number of amides is 1. The number of rotatable bonds is 7. The Balaban J connectivity index is 1.81. The Morgan fingerprint density at radius 2 is 1.85 bits per heavy atom. The number of nitrogens with one attached hydrogen (secondary N) is 1. The van der Waals surface area contributed by atoms with Crippen molar-refractivity contribution in [3.05, 3.63) is 82.0 Å². The molecule has 1 fully saturated rings. The van der Waals surface area contributed by atoms with Crippen LogP contribution in [0.3, 0.4) is 0 Å². The lowest BCUT2D eigenvalue weighted by Gasteiger charge is -2.44. The summed E-state index contributed by atoms with van der Waals surface area (Å²) in [6, 6.07) is 8.84. The topological polar surface area (TPSA) is 116 Å². The highest BCUT2D eigenvalue weighted by Gasteiger charge is 2.39. The second-order valence-electron chi connectivity index (χ2n) is 11.9. The molecule has 3 atom stereocenters. The Hall–Kier alpha value is -4.49. The Kier molecular flexibility index (Phi) is 9.33. The number of hydrogen-bond acceptors (Lipinski definition) is 8. The average molecular weight is 670 g/mol. The van der Waals surface area contributed by atoms with E-state index in [1.807, 2.05) is 39.5 Å². The number of benzene rings is 1. The lowest BCUT2D eigenvalue weighted by molar-refractivity contribution is -0.194. The van der Waals surface area contributed by atoms with E-state index in [-0.39, 0.29) is 51.5 Å². The van der Waals surface area contributed by atoms with E-state index in [4.69, 9.17) is 16.6 Å². The molecule has 47 heavy (non-hydrogen) atoms. The van der Waals surface area contributed by atoms with Gasteiger partial charge in [0.2, 0.25) is 12.1 Å². The maximum absolute atomic E-state index is 14.2. The second kappa shape index (κ2) is 13.0. The number of alkyl halides is 3. The van der Waals surface area contributed by atoms with E-state index >= 15 is 0 Å². The van der Waals surface area contributed by atoms with Crippen LogP contribution in [0.15, 0.2) is 60.0 Å². The molecular formula is C33H35ClF3N7O3. The van der Waals surface area contributed by atoms with E-state index in [0.29, 0.717) is 35.7 Å². The fourth-order valence-electron chi connectivity index (χ4n) is 5.89. The van der Waals surface area contributed by atoms with Gasteiger partial charge in [-0.05, 0) is 56.5 Å². The molecule has 0 spiro atoms. The Labute approximate surface area is 274 Å². The number of fused-ring (bicyclic) bond motifs is 1. The Morgan fingerprint density at radius 3 is 2.51 bits per heavy atom. The third kappa shape index (κ3) is 6.41. The molecule has 0 saturated carbocycles. The molecule has 5 rings (SSSR count). The molecule has 10 nitrogen and oxygen atoms in total. The van der Waals surface area contributed by atoms with Crippen molar-refractivity contribution < 1.29 is 23.1 Å². The molecule has 4 aromatic rings. The standard InChI is InChI=1S/C33H35ClF3N7O3/c1-7-25(45)42-15-20(6)43(16-19(42)5)29-22-14-23(34)27(21-10-8-9-11-24(21)39-31(46)33(35,36)37)40-30(22)44(32(47)41-29)28-18(4)12-13-38-26(28)17(2)3/h7-14,17,19-20,31,39,46H,1,15-16H2,2-6H3. The van der Waals surface area contributed by atoms with Gasteiger partial charge in [-0.15, -0.1) is 0 Å². The van der Waals surface area contributed by atoms with Gasteiger partial charge in [0.1, 0.15) is 5.82 Å². The van der Waals surface area contributed by atoms with Crippen LogP contribution in [-0.4, -0.2) is 73.0 Å². The maximum atomic E-state index is 14.2. The molecule has 14 heteroatoms. The number of hydrogen-bond donors (Lipinski definition) is 2. The second-order valence-corrected chi connectivity index (χ2v) is 12.3. The van der Waals surface area contributed by atoms with Crippen LogP contribution in [0.2, 0.25) is 5.02 Å². The number of aromatic nitrogens is 4. The third-order valence-corrected chi connectivity index (χ3v) is 8.51. The predicted octanol–water partition coefficient (Wildman–Crippen LogP) is 5.83. The SMILES string of the molecule is C=CC(=O)N1CC(C)N(c2nc(=O)n(-c3c(C)ccnc3C(C)C)c3nc(-c4ccccc4NC(O)C(F)(F)F)c(Cl)cc23)CC1C. The summed E-state index contributed by atoms with van der Waals surface area (Å²) >= 11 is 6.86. The van der Waals surface area contributed by atoms with Gasteiger partial charge < -0.3 is 20.2 Å². The fraction of sp³-hybridized carbons (Fsp3) is 0.364. The monoisotopic (exact) mass is 669 g/mol. The minimum atomic E-state index is -4.94. The lowest BCUT2D eigenvalue weighted by Crippen LogP contribution is -2.58. The number of aliphatic hydroxyl groups excluding tert-OH is 1. The summed E-state index contributed by atoms with van der Waals surface area (Å²) in [6.07, 6.45) is -4.87. The van der Waals surface area contributed by atoms with Crippen molar-refractivity contribution in [3.63, 3.8) is 0 Å². The summed E-state index contributed by atoms with van der Waals surface area (Å²) in [6.45, 7) is 13.8. The lowest BCUT2D eigenvalue weighted by atomic mass is 10.0. The van der Waals surface area contributed by atoms with E-state index in [1.165, 1.54) is 28.8 Å². The molecule has 1 aromatic carbocycles. The van der Waals surface area contributed by atoms with Gasteiger partial charge >= 0.3 is 11.9 Å². The first-order valence-corrected chi connectivity index (χ1v) is 15.4. The first kappa shape index (κ1) is 33.9. The first-order valence-electron chi connectivity index (χ1n) is 15.0. The van der Waals surface area contributed by atoms with Gasteiger partial charge in [-0.25, -0.2) is 14.3 Å². The number of para-hydroxylation sites is 1. The minimum absolute atomic E-state index is 0.0693. The number of anilines is 2. The van der Waals surface area contributed by atoms with E-state index in [2.05, 4.69) is 21.9 Å². The van der Waals surface area contributed by atoms with Crippen LogP contribution in [0.4, 0.5) is 24.7 Å². The average Bonchev–Trinajstić information content (AvgIpc) is 3.01. The van der Waals surface area contributed by atoms with Crippen molar-refractivity contribution >= 4 is 40.0 Å². The van der Waals surface area contributed by atoms with Crippen LogP contribution in [0.5, 0.6) is 0 Å². The molecule has 1 saturated heterocycles. The van der Waals surface area contributed by atoms with Crippen LogP contribution in [0.25, 0.3) is 28.0 Å². The molecule has 0 aliphatic carbocycles. The van der Waals surface area contributed by atoms with Crippen LogP contribution < -0.4 is 15.9 Å². The van der Waals surface area contributed by atoms with Gasteiger partial charge in [0.25, 0.3) is 0 Å². The number of aryl methyl sites for hydroxylation is 1. The van der Waals surface area contributed by atoms with Crippen molar-refractivity contribution in [2.24, 2.45) is 0 Å². The normalized spacial score (nSPS) is 17.7. The molecule has 0 radical (unpaired) electrons. The third-order valence-electron chi connectivity index (χ3n) is 8.23. The molecule has 248 valence electrons. The molecule has 1 amide bonds. The largest absolute Gasteiger partial charge is 0.433 e. The van der Waals surface area contributed by atoms with Gasteiger partial charge in [-0.3, -0.25) is 9.78 Å². The molecule has 4 heterocycles. The van der Waals surface area contributed by atoms with Crippen molar-refractivity contribution in [2.45, 2.75) is 65.0 Å². The highest BCUT2D eigenvalue weighted by Crippen LogP contribution is 2.38. The summed E-state index contributed by atoms with van der Waals surface area (Å²) in [5.74, 6) is 0.00462. The van der Waals surface area contributed by atoms with Gasteiger partial charge in [0, 0.05) is 42.6 Å². The summed E-state index contributed by atoms with van der Waals surface area (Å²) in [4.78, 5) is 44.3. The summed E-state index contributed by atoms with van der Waals surface area (Å²) < 4.78 is 41.3. The molecule has 1 aliphatic heterocycles. The van der Waals surface area contributed by atoms with E-state index < -0.39 is 18.1 Å². The zero-order chi connectivity index (χ0) is 34.4. The van der Waals surface area contributed by atoms with Crippen LogP contribution in [0, 0.1) is 6.92 Å². The van der Waals surface area contributed by atoms with Crippen LogP contribution in [0.1, 0.15) is 44.9 Å². The van der Waals surface area contributed by atoms with Gasteiger partial charge in [-0.1, -0.05) is 50.2 Å². The molecule has 0 bridgehead atoms. The number of halogens is 4. The minimum Gasteiger partial charge on any atom is -0.366 e. The first-order chi connectivity index (χ1) is 22.1. The van der Waals surface area contributed by atoms with E-state index in [1.54, 1.807) is 29.3 Å². The summed E-state index contributed by atoms with van der Waals surface area (Å²) in [7, 11) is 0. The zero-order valence-electron chi connectivity index (χ0n) is 26.5. The number of carbonyl (C=O) groups excluding carboxylic acids is 1. The van der Waals surface area contributed by atoms with Gasteiger partial charge in [0.15, 0.2) is 5.65 Å². The molecule has 1 aliphatic rings. The fourth-order valence-corrected chi connectivity index (χ4v) is 6.14. The zero-order valence-corrected chi connectivity index (χ0v) is 27.3. The van der Waals surface area contributed by atoms with Crippen molar-refractivity contribution in [1.82, 2.24) is 24.4 Å². The molecule has 3 aromatic heterocycles. The maximum Gasteiger partial charge on any atom is 0.433 e. The molecular weight excluding hydrogens is 635 g/mol. The highest BCUT2D eigenvalue weighted by molar-refractivity contribution is 6.34. The highest BCUT2D eigenvalue weighted by atomic mass is 35.5. The summed E-state index contributed by atoms with van der Waals surface area (Å²) in [5, 5.41) is 12.4. The van der Waals surface area contributed by atoms with Crippen molar-refractivity contribution in [2.75, 3.05) is 23.3 Å². The number of carbonyl (C=O) groups is 1. The van der Waals surface area contributed by atoms with Crippen LogP contribution in [-0.2, 0) is 4.79 Å². The quantitative estimate of drug-likeness (QED) is 0.187. The van der Waals surface area contributed by atoms with Crippen molar-refractivity contribution in [1.29, 1.82) is 0 Å². The smallest absolute Gasteiger partial charge is 0.366 e. The number of nitrogens with zero attached hydrogens (tertiary/aromatic N) is 6. The number of piperazine rings is 1. The predicted molar refractivity (Wildman–Crippen MR) is 176 cm³/mol. The Bertz CT molecular complexity index is 1910. The summed E-state index contributed by atoms with van der Waals surface area (Å²) in [5.41, 5.74) is 1.54. The molecule has 3 unspecified atom stereocenters. The van der Waals surface area contributed by atoms with Gasteiger partial charge in [0.05, 0.1) is 27.5 Å². The Morgan fingerprint density at radius 1 is 1.15 bits per heavy atom. The van der Waals surface area contributed by atoms with Crippen LogP contribution >= 0.6 is 11.6 Å². The number of aliphatic hydroxyl groups is 1. The van der Waals surface area contributed by atoms with Crippen molar-refractivity contribution in [3.8, 4) is 16.9 Å². The molecule has 2 N–H and O–H groups in total.